The molecule has 2 aliphatic heterocycles. The Balaban J connectivity index is 0.000000166. The van der Waals surface area contributed by atoms with E-state index in [1.165, 1.54) is 17.0 Å². The summed E-state index contributed by atoms with van der Waals surface area (Å²) >= 11 is 0. The van der Waals surface area contributed by atoms with Crippen molar-refractivity contribution < 1.29 is 18.7 Å². The molecule has 2 aromatic rings. The van der Waals surface area contributed by atoms with Gasteiger partial charge in [0.05, 0.1) is 18.2 Å². The number of rotatable bonds is 2. The van der Waals surface area contributed by atoms with E-state index in [1.54, 1.807) is 38.5 Å². The van der Waals surface area contributed by atoms with Gasteiger partial charge in [-0.05, 0) is 37.6 Å². The Labute approximate surface area is 167 Å². The summed E-state index contributed by atoms with van der Waals surface area (Å²) in [5.41, 5.74) is 11.3. The first-order valence-corrected chi connectivity index (χ1v) is 9.01. The molecule has 4 rings (SSSR count). The lowest BCUT2D eigenvalue weighted by atomic mass is 9.87. The Morgan fingerprint density at radius 1 is 1.28 bits per heavy atom. The summed E-state index contributed by atoms with van der Waals surface area (Å²) in [6, 6.07) is 5.76. The number of halogens is 1. The molecule has 1 saturated heterocycles. The summed E-state index contributed by atoms with van der Waals surface area (Å²) in [4.78, 5) is 25.3. The third kappa shape index (κ3) is 4.66. The van der Waals surface area contributed by atoms with Crippen molar-refractivity contribution in [3.63, 3.8) is 0 Å². The van der Waals surface area contributed by atoms with Crippen LogP contribution >= 0.6 is 0 Å². The molecule has 0 aliphatic carbocycles. The molecule has 1 aromatic heterocycles. The Bertz CT molecular complexity index is 907. The fourth-order valence-corrected chi connectivity index (χ4v) is 2.98. The van der Waals surface area contributed by atoms with Crippen LogP contribution < -0.4 is 16.2 Å². The Morgan fingerprint density at radius 3 is 2.66 bits per heavy atom. The van der Waals surface area contributed by atoms with Crippen LogP contribution in [0.3, 0.4) is 0 Å². The van der Waals surface area contributed by atoms with Crippen LogP contribution in [0.1, 0.15) is 12.1 Å². The largest absolute Gasteiger partial charge is 0.437 e. The van der Waals surface area contributed by atoms with Crippen LogP contribution in [0.15, 0.2) is 41.7 Å². The topological polar surface area (TPSA) is 129 Å². The van der Waals surface area contributed by atoms with Crippen molar-refractivity contribution in [2.75, 3.05) is 20.3 Å². The number of nitrogens with zero attached hydrogens (tertiary/aromatic N) is 4. The smallest absolute Gasteiger partial charge is 0.240 e. The van der Waals surface area contributed by atoms with E-state index >= 15 is 0 Å². The molecule has 1 aromatic carbocycles. The van der Waals surface area contributed by atoms with Crippen molar-refractivity contribution in [3.05, 3.63) is 48.2 Å². The number of amides is 1. The zero-order valence-corrected chi connectivity index (χ0v) is 16.2. The lowest BCUT2D eigenvalue weighted by molar-refractivity contribution is -0.139. The number of hydrogen-bond acceptors (Lipinski definition) is 8. The summed E-state index contributed by atoms with van der Waals surface area (Å²) in [7, 11) is 1.61. The predicted molar refractivity (Wildman–Crippen MR) is 103 cm³/mol. The summed E-state index contributed by atoms with van der Waals surface area (Å²) < 4.78 is 23.3. The van der Waals surface area contributed by atoms with Gasteiger partial charge in [-0.2, -0.15) is 0 Å². The summed E-state index contributed by atoms with van der Waals surface area (Å²) in [6.45, 7) is 2.61. The van der Waals surface area contributed by atoms with Gasteiger partial charge in [0.25, 0.3) is 0 Å². The molecule has 0 spiro atoms. The Morgan fingerprint density at radius 2 is 1.97 bits per heavy atom. The molecule has 0 saturated carbocycles. The Kier molecular flexibility index (Phi) is 6.04. The molecule has 2 unspecified atom stereocenters. The second kappa shape index (κ2) is 8.50. The third-order valence-corrected chi connectivity index (χ3v) is 4.65. The van der Waals surface area contributed by atoms with E-state index in [1.807, 2.05) is 0 Å². The second-order valence-corrected chi connectivity index (χ2v) is 6.76. The van der Waals surface area contributed by atoms with Crippen LogP contribution in [0.25, 0.3) is 0 Å². The predicted octanol–water partition coefficient (Wildman–Crippen LogP) is 1.18. The van der Waals surface area contributed by atoms with Gasteiger partial charge in [0.1, 0.15) is 17.2 Å². The lowest BCUT2D eigenvalue weighted by Crippen LogP contribution is -2.64. The first-order valence-electron chi connectivity index (χ1n) is 9.01. The van der Waals surface area contributed by atoms with Crippen molar-refractivity contribution in [2.24, 2.45) is 22.4 Å². The standard InChI is InChI=1S/C11H9FN2O.C8H14N4O2/c1-8-11(14-7-6-13-8)15-10-4-2-9(12)3-5-10;1-12-6(13)5-2-3-14-4-8(5,10)11-7(12)9/h2-7H,1H3;5H,2-4,10H2,1H3,(H2,9,11). The number of benzene rings is 1. The fourth-order valence-electron chi connectivity index (χ4n) is 2.98. The van der Waals surface area contributed by atoms with Crippen molar-refractivity contribution in [1.29, 1.82) is 0 Å². The quantitative estimate of drug-likeness (QED) is 0.772. The molecule has 154 valence electrons. The van der Waals surface area contributed by atoms with E-state index < -0.39 is 5.66 Å². The van der Waals surface area contributed by atoms with E-state index in [0.29, 0.717) is 30.4 Å². The van der Waals surface area contributed by atoms with Crippen molar-refractivity contribution in [3.8, 4) is 11.6 Å². The molecule has 1 amide bonds. The number of fused-ring (bicyclic) bond motifs is 1. The molecule has 9 nitrogen and oxygen atoms in total. The highest BCUT2D eigenvalue weighted by Gasteiger charge is 2.47. The normalized spacial score (nSPS) is 23.4. The molecule has 2 aliphatic rings. The maximum absolute atomic E-state index is 12.6. The van der Waals surface area contributed by atoms with Crippen LogP contribution in [-0.2, 0) is 9.53 Å². The van der Waals surface area contributed by atoms with Crippen molar-refractivity contribution in [1.82, 2.24) is 14.9 Å². The molecule has 1 fully saturated rings. The highest BCUT2D eigenvalue weighted by molar-refractivity contribution is 5.99. The molecule has 29 heavy (non-hydrogen) atoms. The maximum Gasteiger partial charge on any atom is 0.240 e. The first kappa shape index (κ1) is 20.6. The number of hydrogen-bond donors (Lipinski definition) is 2. The lowest BCUT2D eigenvalue weighted by Gasteiger charge is -2.42. The van der Waals surface area contributed by atoms with E-state index in [2.05, 4.69) is 15.0 Å². The van der Waals surface area contributed by atoms with Crippen LogP contribution in [0.5, 0.6) is 11.6 Å². The zero-order valence-electron chi connectivity index (χ0n) is 16.2. The average Bonchev–Trinajstić information content (AvgIpc) is 2.70. The van der Waals surface area contributed by atoms with E-state index in [9.17, 15) is 9.18 Å². The average molecular weight is 402 g/mol. The summed E-state index contributed by atoms with van der Waals surface area (Å²) in [6.07, 6.45) is 3.75. The number of aliphatic imine (C=N–C) groups is 1. The molecule has 2 atom stereocenters. The maximum atomic E-state index is 12.6. The number of ether oxygens (including phenoxy) is 2. The highest BCUT2D eigenvalue weighted by atomic mass is 19.1. The van der Waals surface area contributed by atoms with Crippen molar-refractivity contribution >= 4 is 11.9 Å². The minimum atomic E-state index is -0.952. The fraction of sp³-hybridized carbons (Fsp3) is 0.368. The van der Waals surface area contributed by atoms with Gasteiger partial charge in [-0.3, -0.25) is 14.7 Å². The van der Waals surface area contributed by atoms with Gasteiger partial charge in [0.2, 0.25) is 11.8 Å². The number of nitrogens with two attached hydrogens (primary N) is 2. The van der Waals surface area contributed by atoms with Gasteiger partial charge in [0.15, 0.2) is 5.96 Å². The monoisotopic (exact) mass is 402 g/mol. The summed E-state index contributed by atoms with van der Waals surface area (Å²) in [5.74, 6) is 0.485. The molecule has 3 heterocycles. The summed E-state index contributed by atoms with van der Waals surface area (Å²) in [5, 5.41) is 0. The third-order valence-electron chi connectivity index (χ3n) is 4.65. The van der Waals surface area contributed by atoms with Crippen LogP contribution in [0.2, 0.25) is 0 Å². The van der Waals surface area contributed by atoms with Gasteiger partial charge in [-0.15, -0.1) is 0 Å². The Hall–Kier alpha value is -3.11. The second-order valence-electron chi connectivity index (χ2n) is 6.76. The van der Waals surface area contributed by atoms with E-state index in [-0.39, 0.29) is 30.2 Å². The minimum absolute atomic E-state index is 0.0664. The first-order chi connectivity index (χ1) is 13.8. The van der Waals surface area contributed by atoms with Gasteiger partial charge in [-0.25, -0.2) is 14.4 Å². The molecular formula is C19H23FN6O3. The van der Waals surface area contributed by atoms with Gasteiger partial charge in [0, 0.05) is 26.0 Å². The zero-order chi connectivity index (χ0) is 21.0. The number of carbonyl (C=O) groups is 1. The highest BCUT2D eigenvalue weighted by Crippen LogP contribution is 2.30. The molecule has 0 bridgehead atoms. The number of aromatic nitrogens is 2. The van der Waals surface area contributed by atoms with Gasteiger partial charge >= 0.3 is 0 Å². The van der Waals surface area contributed by atoms with E-state index in [4.69, 9.17) is 20.9 Å². The molecule has 4 N–H and O–H groups in total. The van der Waals surface area contributed by atoms with Gasteiger partial charge < -0.3 is 20.9 Å². The number of carbonyl (C=O) groups excluding carboxylic acids is 1. The number of guanidine groups is 1. The van der Waals surface area contributed by atoms with Crippen LogP contribution in [0.4, 0.5) is 4.39 Å². The number of aryl methyl sites for hydroxylation is 1. The molecular weight excluding hydrogens is 379 g/mol. The van der Waals surface area contributed by atoms with Gasteiger partial charge in [-0.1, -0.05) is 0 Å². The molecule has 0 radical (unpaired) electrons. The molecule has 10 heteroatoms. The van der Waals surface area contributed by atoms with Crippen molar-refractivity contribution in [2.45, 2.75) is 19.0 Å². The van der Waals surface area contributed by atoms with E-state index in [0.717, 1.165) is 0 Å². The van der Waals surface area contributed by atoms with Crippen LogP contribution in [0, 0.1) is 18.7 Å². The van der Waals surface area contributed by atoms with Crippen LogP contribution in [-0.4, -0.2) is 52.7 Å². The SMILES string of the molecule is CN1C(=O)C2CCOCC2(N)N=C1N.Cc1nccnc1Oc1ccc(F)cc1. The minimum Gasteiger partial charge on any atom is -0.437 e.